The molecule has 2 aliphatic carbocycles. The average Bonchev–Trinajstić information content (AvgIpc) is 3.18. The lowest BCUT2D eigenvalue weighted by molar-refractivity contribution is 0.0202. The first-order chi connectivity index (χ1) is 10.6. The number of amides is 2. The van der Waals surface area contributed by atoms with Crippen LogP contribution in [0.25, 0.3) is 0 Å². The van der Waals surface area contributed by atoms with E-state index in [0.717, 1.165) is 23.8 Å². The van der Waals surface area contributed by atoms with Gasteiger partial charge < -0.3 is 9.64 Å². The van der Waals surface area contributed by atoms with Gasteiger partial charge in [-0.1, -0.05) is 6.92 Å². The predicted octanol–water partition coefficient (Wildman–Crippen LogP) is 2.90. The van der Waals surface area contributed by atoms with Crippen LogP contribution in [-0.4, -0.2) is 41.7 Å². The van der Waals surface area contributed by atoms with Crippen molar-refractivity contribution in [2.24, 2.45) is 17.8 Å². The van der Waals surface area contributed by atoms with Gasteiger partial charge in [-0.25, -0.2) is 9.78 Å². The number of thiazole rings is 1. The second kappa shape index (κ2) is 5.20. The van der Waals surface area contributed by atoms with Gasteiger partial charge in [0, 0.05) is 18.5 Å². The van der Waals surface area contributed by atoms with Gasteiger partial charge in [0.2, 0.25) is 0 Å². The number of rotatable bonds is 3. The Morgan fingerprint density at radius 2 is 2.27 bits per heavy atom. The number of urea groups is 1. The molecule has 5 atom stereocenters. The Hall–Kier alpha value is -1.14. The zero-order chi connectivity index (χ0) is 15.4. The standard InChI is InChI=1S/C16H23N3O2S/c1-4-12-8(2)22-15(17-12)18-16(20)19-7-10-5-9-6-11(10)13(19)14(9)21-3/h9-11,13-14H,4-7H2,1-3H3,(H,17,18,20). The highest BCUT2D eigenvalue weighted by atomic mass is 32.1. The van der Waals surface area contributed by atoms with E-state index in [1.165, 1.54) is 17.7 Å². The second-order valence-electron chi connectivity index (χ2n) is 6.80. The SMILES string of the molecule is CCc1nc(NC(=O)N2CC3CC4CC3C2C4OC)sc1C. The maximum absolute atomic E-state index is 12.7. The van der Waals surface area contributed by atoms with Crippen LogP contribution in [0.15, 0.2) is 0 Å². The number of ether oxygens (including phenoxy) is 1. The van der Waals surface area contributed by atoms with Crippen LogP contribution in [-0.2, 0) is 11.2 Å². The van der Waals surface area contributed by atoms with Gasteiger partial charge in [0.05, 0.1) is 17.8 Å². The molecular formula is C16H23N3O2S. The van der Waals surface area contributed by atoms with Gasteiger partial charge in [0.1, 0.15) is 0 Å². The minimum Gasteiger partial charge on any atom is -0.379 e. The van der Waals surface area contributed by atoms with Gasteiger partial charge in [-0.3, -0.25) is 5.32 Å². The summed E-state index contributed by atoms with van der Waals surface area (Å²) in [6, 6.07) is 0.263. The Morgan fingerprint density at radius 3 is 2.95 bits per heavy atom. The molecule has 3 aliphatic rings. The third-order valence-electron chi connectivity index (χ3n) is 5.79. The molecule has 0 spiro atoms. The molecule has 1 aromatic rings. The number of likely N-dealkylation sites (tertiary alicyclic amines) is 1. The molecule has 2 bridgehead atoms. The molecule has 1 saturated heterocycles. The molecule has 0 radical (unpaired) electrons. The summed E-state index contributed by atoms with van der Waals surface area (Å²) in [5.41, 5.74) is 1.08. The van der Waals surface area contributed by atoms with Crippen molar-refractivity contribution in [1.29, 1.82) is 0 Å². The van der Waals surface area contributed by atoms with Crippen molar-refractivity contribution in [2.75, 3.05) is 19.0 Å². The number of nitrogens with zero attached hydrogens (tertiary/aromatic N) is 2. The van der Waals surface area contributed by atoms with Crippen LogP contribution in [0.3, 0.4) is 0 Å². The maximum Gasteiger partial charge on any atom is 0.324 e. The summed E-state index contributed by atoms with van der Waals surface area (Å²) in [4.78, 5) is 20.4. The van der Waals surface area contributed by atoms with Crippen LogP contribution in [0.1, 0.15) is 30.3 Å². The van der Waals surface area contributed by atoms with E-state index in [4.69, 9.17) is 4.74 Å². The normalized spacial score (nSPS) is 35.4. The first-order valence-electron chi connectivity index (χ1n) is 8.19. The minimum absolute atomic E-state index is 0.00139. The van der Waals surface area contributed by atoms with E-state index in [0.29, 0.717) is 17.8 Å². The largest absolute Gasteiger partial charge is 0.379 e. The summed E-state index contributed by atoms with van der Waals surface area (Å²) in [5.74, 6) is 1.97. The van der Waals surface area contributed by atoms with Crippen molar-refractivity contribution >= 4 is 22.5 Å². The Bertz CT molecular complexity index is 600. The maximum atomic E-state index is 12.7. The lowest BCUT2D eigenvalue weighted by atomic mass is 9.88. The monoisotopic (exact) mass is 321 g/mol. The predicted molar refractivity (Wildman–Crippen MR) is 86.2 cm³/mol. The van der Waals surface area contributed by atoms with E-state index in [-0.39, 0.29) is 18.2 Å². The van der Waals surface area contributed by atoms with Gasteiger partial charge >= 0.3 is 6.03 Å². The van der Waals surface area contributed by atoms with E-state index < -0.39 is 0 Å². The Balaban J connectivity index is 1.51. The molecule has 5 nitrogen and oxygen atoms in total. The third kappa shape index (κ3) is 2.00. The molecule has 0 aromatic carbocycles. The quantitative estimate of drug-likeness (QED) is 0.931. The number of methoxy groups -OCH3 is 1. The van der Waals surface area contributed by atoms with Crippen molar-refractivity contribution in [3.8, 4) is 0 Å². The van der Waals surface area contributed by atoms with E-state index in [2.05, 4.69) is 24.1 Å². The fraction of sp³-hybridized carbons (Fsp3) is 0.750. The van der Waals surface area contributed by atoms with Gasteiger partial charge in [-0.15, -0.1) is 11.3 Å². The van der Waals surface area contributed by atoms with Crippen LogP contribution < -0.4 is 5.32 Å². The molecule has 2 saturated carbocycles. The lowest BCUT2D eigenvalue weighted by Crippen LogP contribution is -2.46. The molecule has 1 aliphatic heterocycles. The Kier molecular flexibility index (Phi) is 3.42. The molecule has 6 heteroatoms. The van der Waals surface area contributed by atoms with Gasteiger partial charge in [-0.05, 0) is 43.9 Å². The van der Waals surface area contributed by atoms with Crippen molar-refractivity contribution in [3.63, 3.8) is 0 Å². The number of hydrogen-bond acceptors (Lipinski definition) is 4. The molecule has 2 amide bonds. The summed E-state index contributed by atoms with van der Waals surface area (Å²) in [5, 5.41) is 3.74. The number of aryl methyl sites for hydroxylation is 2. The summed E-state index contributed by atoms with van der Waals surface area (Å²) >= 11 is 1.57. The van der Waals surface area contributed by atoms with Gasteiger partial charge in [-0.2, -0.15) is 0 Å². The zero-order valence-electron chi connectivity index (χ0n) is 13.3. The fourth-order valence-corrected chi connectivity index (χ4v) is 5.82. The average molecular weight is 321 g/mol. The number of carbonyl (C=O) groups excluding carboxylic acids is 1. The number of nitrogens with one attached hydrogen (secondary N) is 1. The highest BCUT2D eigenvalue weighted by molar-refractivity contribution is 7.15. The zero-order valence-corrected chi connectivity index (χ0v) is 14.2. The molecule has 3 fully saturated rings. The van der Waals surface area contributed by atoms with Crippen molar-refractivity contribution in [3.05, 3.63) is 10.6 Å². The smallest absolute Gasteiger partial charge is 0.324 e. The van der Waals surface area contributed by atoms with E-state index in [9.17, 15) is 4.79 Å². The highest BCUT2D eigenvalue weighted by Crippen LogP contribution is 2.55. The van der Waals surface area contributed by atoms with Gasteiger partial charge in [0.15, 0.2) is 5.13 Å². The van der Waals surface area contributed by atoms with E-state index in [1.807, 2.05) is 4.90 Å². The summed E-state index contributed by atoms with van der Waals surface area (Å²) in [6.45, 7) is 5.03. The fourth-order valence-electron chi connectivity index (χ4n) is 4.93. The van der Waals surface area contributed by atoms with Crippen LogP contribution in [0.5, 0.6) is 0 Å². The Labute approximate surface area is 135 Å². The van der Waals surface area contributed by atoms with Crippen LogP contribution in [0.4, 0.5) is 9.93 Å². The lowest BCUT2D eigenvalue weighted by Gasteiger charge is -2.31. The Morgan fingerprint density at radius 1 is 1.45 bits per heavy atom. The van der Waals surface area contributed by atoms with Gasteiger partial charge in [0.25, 0.3) is 0 Å². The van der Waals surface area contributed by atoms with Crippen LogP contribution in [0, 0.1) is 24.7 Å². The molecule has 1 aromatic heterocycles. The second-order valence-corrected chi connectivity index (χ2v) is 8.01. The third-order valence-corrected chi connectivity index (χ3v) is 6.72. The molecule has 120 valence electrons. The first-order valence-corrected chi connectivity index (χ1v) is 9.00. The molecule has 2 heterocycles. The number of aromatic nitrogens is 1. The van der Waals surface area contributed by atoms with Crippen molar-refractivity contribution in [2.45, 2.75) is 45.3 Å². The van der Waals surface area contributed by atoms with Crippen LogP contribution in [0.2, 0.25) is 0 Å². The number of fused-ring (bicyclic) bond motifs is 1. The van der Waals surface area contributed by atoms with Crippen molar-refractivity contribution in [1.82, 2.24) is 9.88 Å². The molecular weight excluding hydrogens is 298 g/mol. The van der Waals surface area contributed by atoms with E-state index in [1.54, 1.807) is 18.4 Å². The highest BCUT2D eigenvalue weighted by Gasteiger charge is 2.60. The molecule has 22 heavy (non-hydrogen) atoms. The minimum atomic E-state index is -0.00139. The number of carbonyl (C=O) groups is 1. The molecule has 1 N–H and O–H groups in total. The van der Waals surface area contributed by atoms with Crippen molar-refractivity contribution < 1.29 is 9.53 Å². The van der Waals surface area contributed by atoms with Crippen LogP contribution >= 0.6 is 11.3 Å². The number of hydrogen-bond donors (Lipinski definition) is 1. The molecule has 4 rings (SSSR count). The molecule has 5 unspecified atom stereocenters. The summed E-state index contributed by atoms with van der Waals surface area (Å²) in [7, 11) is 1.78. The summed E-state index contributed by atoms with van der Waals surface area (Å²) < 4.78 is 5.71. The summed E-state index contributed by atoms with van der Waals surface area (Å²) in [6.07, 6.45) is 3.58. The topological polar surface area (TPSA) is 54.5 Å². The van der Waals surface area contributed by atoms with E-state index >= 15 is 0 Å². The number of anilines is 1. The first kappa shape index (κ1) is 14.5.